The van der Waals surface area contributed by atoms with Gasteiger partial charge in [-0.05, 0) is 37.5 Å². The topological polar surface area (TPSA) is 37.4 Å². The fraction of sp³-hybridized carbons (Fsp3) is 0.500. The second kappa shape index (κ2) is 5.37. The van der Waals surface area contributed by atoms with Gasteiger partial charge in [-0.15, -0.1) is 11.6 Å². The van der Waals surface area contributed by atoms with Gasteiger partial charge in [0.05, 0.1) is 4.90 Å². The Balaban J connectivity index is 2.38. The van der Waals surface area contributed by atoms with Crippen molar-refractivity contribution in [3.63, 3.8) is 0 Å². The smallest absolute Gasteiger partial charge is 0.207 e. The predicted molar refractivity (Wildman–Crippen MR) is 73.6 cm³/mol. The summed E-state index contributed by atoms with van der Waals surface area (Å²) < 4.78 is 26.4. The van der Waals surface area contributed by atoms with E-state index in [4.69, 9.17) is 23.2 Å². The Labute approximate surface area is 118 Å². The molecule has 1 unspecified atom stereocenters. The highest BCUT2D eigenvalue weighted by molar-refractivity contribution is 7.89. The fourth-order valence-corrected chi connectivity index (χ4v) is 4.54. The van der Waals surface area contributed by atoms with E-state index < -0.39 is 10.0 Å². The first-order valence-electron chi connectivity index (χ1n) is 5.83. The van der Waals surface area contributed by atoms with Gasteiger partial charge in [0.15, 0.2) is 0 Å². The highest BCUT2D eigenvalue weighted by Crippen LogP contribution is 2.28. The molecule has 1 fully saturated rings. The van der Waals surface area contributed by atoms with Crippen molar-refractivity contribution < 1.29 is 8.42 Å². The molecule has 0 aliphatic carbocycles. The maximum Gasteiger partial charge on any atom is 0.243 e. The summed E-state index contributed by atoms with van der Waals surface area (Å²) in [6, 6.07) is 4.79. The summed E-state index contributed by atoms with van der Waals surface area (Å²) in [7, 11) is -3.43. The van der Waals surface area contributed by atoms with E-state index in [2.05, 4.69) is 0 Å². The van der Waals surface area contributed by atoms with Crippen LogP contribution < -0.4 is 0 Å². The van der Waals surface area contributed by atoms with Crippen LogP contribution in [0, 0.1) is 0 Å². The molecule has 3 nitrogen and oxygen atoms in total. The van der Waals surface area contributed by atoms with Gasteiger partial charge in [0.2, 0.25) is 10.0 Å². The first kappa shape index (κ1) is 14.1. The van der Waals surface area contributed by atoms with Gasteiger partial charge in [-0.3, -0.25) is 0 Å². The molecule has 0 saturated carbocycles. The van der Waals surface area contributed by atoms with Crippen LogP contribution in [0.15, 0.2) is 23.1 Å². The highest BCUT2D eigenvalue weighted by Gasteiger charge is 2.32. The number of benzene rings is 1. The lowest BCUT2D eigenvalue weighted by atomic mass is 10.2. The van der Waals surface area contributed by atoms with E-state index in [0.717, 1.165) is 18.4 Å². The van der Waals surface area contributed by atoms with Crippen LogP contribution in [0.1, 0.15) is 25.3 Å². The lowest BCUT2D eigenvalue weighted by Gasteiger charge is -2.21. The summed E-state index contributed by atoms with van der Waals surface area (Å²) >= 11 is 11.7. The Bertz CT molecular complexity index is 545. The van der Waals surface area contributed by atoms with Gasteiger partial charge in [-0.2, -0.15) is 4.31 Å². The van der Waals surface area contributed by atoms with E-state index in [9.17, 15) is 8.42 Å². The average molecular weight is 308 g/mol. The molecule has 0 radical (unpaired) electrons. The normalized spacial score (nSPS) is 21.4. The van der Waals surface area contributed by atoms with Crippen LogP contribution in [0.2, 0.25) is 5.02 Å². The number of hydrogen-bond donors (Lipinski definition) is 0. The molecule has 6 heteroatoms. The number of sulfonamides is 1. The second-order valence-corrected chi connectivity index (χ2v) is 7.06. The van der Waals surface area contributed by atoms with Crippen LogP contribution in [0.25, 0.3) is 0 Å². The van der Waals surface area contributed by atoms with Gasteiger partial charge in [-0.25, -0.2) is 8.42 Å². The van der Waals surface area contributed by atoms with Crippen molar-refractivity contribution in [2.75, 3.05) is 6.54 Å². The fourth-order valence-electron chi connectivity index (χ4n) is 2.20. The Morgan fingerprint density at radius 3 is 2.67 bits per heavy atom. The largest absolute Gasteiger partial charge is 0.243 e. The summed E-state index contributed by atoms with van der Waals surface area (Å²) in [5.41, 5.74) is 0.742. The second-order valence-electron chi connectivity index (χ2n) is 4.49. The minimum Gasteiger partial charge on any atom is -0.207 e. The van der Waals surface area contributed by atoms with Crippen molar-refractivity contribution in [2.45, 2.75) is 36.6 Å². The number of halogens is 2. The Kier molecular flexibility index (Phi) is 4.22. The number of nitrogens with zero attached hydrogens (tertiary/aromatic N) is 1. The molecule has 100 valence electrons. The first-order chi connectivity index (χ1) is 8.46. The summed E-state index contributed by atoms with van der Waals surface area (Å²) in [5.74, 6) is 0.277. The quantitative estimate of drug-likeness (QED) is 0.804. The van der Waals surface area contributed by atoms with Crippen molar-refractivity contribution >= 4 is 33.2 Å². The van der Waals surface area contributed by atoms with E-state index in [0.29, 0.717) is 11.6 Å². The van der Waals surface area contributed by atoms with E-state index >= 15 is 0 Å². The van der Waals surface area contributed by atoms with Crippen molar-refractivity contribution in [1.82, 2.24) is 4.31 Å². The van der Waals surface area contributed by atoms with Crippen molar-refractivity contribution in [3.05, 3.63) is 28.8 Å². The molecule has 1 aliphatic heterocycles. The molecule has 1 aliphatic rings. The van der Waals surface area contributed by atoms with E-state index in [-0.39, 0.29) is 16.8 Å². The minimum atomic E-state index is -3.43. The highest BCUT2D eigenvalue weighted by atomic mass is 35.5. The molecular weight excluding hydrogens is 293 g/mol. The molecule has 0 amide bonds. The van der Waals surface area contributed by atoms with E-state index in [1.54, 1.807) is 16.4 Å². The summed E-state index contributed by atoms with van der Waals surface area (Å²) in [4.78, 5) is 0.245. The molecule has 1 aromatic rings. The standard InChI is InChI=1S/C12H15Cl2NO2S/c1-9-3-2-6-15(9)18(16,17)11-5-4-10(8-13)12(14)7-11/h4-5,7,9H,2-3,6,8H2,1H3. The summed E-state index contributed by atoms with van der Waals surface area (Å²) in [5, 5.41) is 0.401. The zero-order chi connectivity index (χ0) is 13.3. The maximum absolute atomic E-state index is 12.4. The molecule has 0 N–H and O–H groups in total. The van der Waals surface area contributed by atoms with E-state index in [1.807, 2.05) is 6.92 Å². The molecule has 1 saturated heterocycles. The summed E-state index contributed by atoms with van der Waals surface area (Å²) in [6.07, 6.45) is 1.82. The molecule has 1 atom stereocenters. The third kappa shape index (κ3) is 2.52. The van der Waals surface area contributed by atoms with Crippen molar-refractivity contribution in [2.24, 2.45) is 0 Å². The molecule has 0 bridgehead atoms. The van der Waals surface area contributed by atoms with Crippen LogP contribution in [-0.2, 0) is 15.9 Å². The minimum absolute atomic E-state index is 0.0569. The third-order valence-corrected chi connectivity index (χ3v) is 5.92. The lowest BCUT2D eigenvalue weighted by molar-refractivity contribution is 0.408. The van der Waals surface area contributed by atoms with Gasteiger partial charge in [0.25, 0.3) is 0 Å². The van der Waals surface area contributed by atoms with Gasteiger partial charge in [-0.1, -0.05) is 17.7 Å². The van der Waals surface area contributed by atoms with Crippen molar-refractivity contribution in [3.8, 4) is 0 Å². The zero-order valence-electron chi connectivity index (χ0n) is 10.1. The molecule has 2 rings (SSSR count). The third-order valence-electron chi connectivity index (χ3n) is 3.27. The lowest BCUT2D eigenvalue weighted by Crippen LogP contribution is -2.33. The Morgan fingerprint density at radius 2 is 2.17 bits per heavy atom. The summed E-state index contributed by atoms with van der Waals surface area (Å²) in [6.45, 7) is 2.51. The van der Waals surface area contributed by atoms with Crippen LogP contribution in [0.3, 0.4) is 0 Å². The first-order valence-corrected chi connectivity index (χ1v) is 8.18. The Hall–Kier alpha value is -0.290. The van der Waals surface area contributed by atoms with Crippen LogP contribution in [-0.4, -0.2) is 25.3 Å². The average Bonchev–Trinajstić information content (AvgIpc) is 2.76. The maximum atomic E-state index is 12.4. The van der Waals surface area contributed by atoms with Gasteiger partial charge >= 0.3 is 0 Å². The molecule has 1 aromatic carbocycles. The number of hydrogen-bond acceptors (Lipinski definition) is 2. The molecule has 0 spiro atoms. The van der Waals surface area contributed by atoms with Crippen molar-refractivity contribution in [1.29, 1.82) is 0 Å². The SMILES string of the molecule is CC1CCCN1S(=O)(=O)c1ccc(CCl)c(Cl)c1. The predicted octanol–water partition coefficient (Wildman–Crippen LogP) is 3.25. The number of rotatable bonds is 3. The van der Waals surface area contributed by atoms with Gasteiger partial charge in [0, 0.05) is 23.5 Å². The molecule has 18 heavy (non-hydrogen) atoms. The zero-order valence-corrected chi connectivity index (χ0v) is 12.4. The monoisotopic (exact) mass is 307 g/mol. The van der Waals surface area contributed by atoms with Crippen LogP contribution >= 0.6 is 23.2 Å². The molecular formula is C12H15Cl2NO2S. The van der Waals surface area contributed by atoms with Crippen LogP contribution in [0.5, 0.6) is 0 Å². The Morgan fingerprint density at radius 1 is 1.44 bits per heavy atom. The van der Waals surface area contributed by atoms with Gasteiger partial charge < -0.3 is 0 Å². The molecule has 1 heterocycles. The van der Waals surface area contributed by atoms with Crippen LogP contribution in [0.4, 0.5) is 0 Å². The van der Waals surface area contributed by atoms with Gasteiger partial charge in [0.1, 0.15) is 0 Å². The van der Waals surface area contributed by atoms with E-state index in [1.165, 1.54) is 6.07 Å². The number of alkyl halides is 1. The molecule has 0 aromatic heterocycles.